The van der Waals surface area contributed by atoms with Crippen LogP contribution in [0.3, 0.4) is 0 Å². The highest BCUT2D eigenvalue weighted by atomic mass is 14.7. The van der Waals surface area contributed by atoms with Gasteiger partial charge in [-0.1, -0.05) is 13.8 Å². The molecular weight excluding hydrogens is 134 g/mol. The van der Waals surface area contributed by atoms with Gasteiger partial charge >= 0.3 is 0 Å². The van der Waals surface area contributed by atoms with Gasteiger partial charge in [-0.15, -0.1) is 0 Å². The second-order valence-corrected chi connectivity index (χ2v) is 3.94. The molecule has 62 valence electrons. The molecule has 1 aliphatic carbocycles. The zero-order chi connectivity index (χ0) is 8.27. The molecule has 0 atom stereocenters. The first-order valence-electron chi connectivity index (χ1n) is 4.60. The molecule has 1 nitrogen and oxygen atoms in total. The minimum atomic E-state index is 0.352. The molecule has 1 heteroatoms. The summed E-state index contributed by atoms with van der Waals surface area (Å²) in [7, 11) is 0. The van der Waals surface area contributed by atoms with E-state index in [1.165, 1.54) is 12.8 Å². The minimum Gasteiger partial charge on any atom is -0.314 e. The fraction of sp³-hybridized carbons (Fsp3) is 0.900. The maximum atomic E-state index is 6.90. The fourth-order valence-corrected chi connectivity index (χ4v) is 1.90. The van der Waals surface area contributed by atoms with Crippen LogP contribution in [0, 0.1) is 18.4 Å². The summed E-state index contributed by atoms with van der Waals surface area (Å²) in [5.74, 6) is 1.72. The van der Waals surface area contributed by atoms with Crippen molar-refractivity contribution >= 4 is 0 Å². The molecule has 1 rings (SSSR count). The van der Waals surface area contributed by atoms with E-state index < -0.39 is 0 Å². The van der Waals surface area contributed by atoms with Gasteiger partial charge in [0.2, 0.25) is 6.04 Å². The van der Waals surface area contributed by atoms with Gasteiger partial charge in [0.15, 0.2) is 0 Å². The van der Waals surface area contributed by atoms with E-state index in [0.29, 0.717) is 6.04 Å². The summed E-state index contributed by atoms with van der Waals surface area (Å²) in [6, 6.07) is 0.352. The number of hydrogen-bond acceptors (Lipinski definition) is 0. The van der Waals surface area contributed by atoms with Crippen molar-refractivity contribution in [3.63, 3.8) is 0 Å². The number of hydrogen-bond donors (Lipinski definition) is 0. The average molecular weight is 151 g/mol. The molecule has 1 fully saturated rings. The molecule has 0 spiro atoms. The summed E-state index contributed by atoms with van der Waals surface area (Å²) in [6.45, 7) is 11.5. The largest absolute Gasteiger partial charge is 0.314 e. The van der Waals surface area contributed by atoms with E-state index in [9.17, 15) is 0 Å². The molecule has 1 saturated carbocycles. The minimum absolute atomic E-state index is 0.352. The first-order chi connectivity index (χ1) is 5.24. The van der Waals surface area contributed by atoms with Crippen LogP contribution in [0.25, 0.3) is 4.85 Å². The molecule has 0 amide bonds. The highest BCUT2D eigenvalue weighted by molar-refractivity contribution is 4.85. The SMILES string of the molecule is [C-]#[N+]C1CCC(C(C)C)CC1. The number of nitrogens with zero attached hydrogens (tertiary/aromatic N) is 1. The summed E-state index contributed by atoms with van der Waals surface area (Å²) >= 11 is 0. The molecule has 0 aromatic rings. The van der Waals surface area contributed by atoms with Gasteiger partial charge in [-0.2, -0.15) is 0 Å². The van der Waals surface area contributed by atoms with Crippen LogP contribution in [-0.2, 0) is 0 Å². The molecule has 1 aliphatic rings. The van der Waals surface area contributed by atoms with Crippen molar-refractivity contribution in [3.05, 3.63) is 11.4 Å². The Morgan fingerprint density at radius 1 is 1.18 bits per heavy atom. The molecule has 0 unspecified atom stereocenters. The second-order valence-electron chi connectivity index (χ2n) is 3.94. The van der Waals surface area contributed by atoms with Gasteiger partial charge in [0, 0.05) is 12.8 Å². The van der Waals surface area contributed by atoms with E-state index in [4.69, 9.17) is 6.57 Å². The standard InChI is InChI=1S/C10H17N/c1-8(2)9-4-6-10(11-3)7-5-9/h8-10H,4-7H2,1-2H3. The average Bonchev–Trinajstić information content (AvgIpc) is 2.05. The van der Waals surface area contributed by atoms with Crippen molar-refractivity contribution in [1.82, 2.24) is 0 Å². The van der Waals surface area contributed by atoms with Crippen LogP contribution < -0.4 is 0 Å². The summed E-state index contributed by atoms with van der Waals surface area (Å²) < 4.78 is 0. The molecule has 0 radical (unpaired) electrons. The molecule has 0 saturated heterocycles. The highest BCUT2D eigenvalue weighted by Crippen LogP contribution is 2.30. The van der Waals surface area contributed by atoms with Crippen LogP contribution in [-0.4, -0.2) is 6.04 Å². The van der Waals surface area contributed by atoms with Crippen molar-refractivity contribution in [2.24, 2.45) is 11.8 Å². The van der Waals surface area contributed by atoms with Crippen LogP contribution in [0.5, 0.6) is 0 Å². The lowest BCUT2D eigenvalue weighted by Crippen LogP contribution is -2.19. The van der Waals surface area contributed by atoms with E-state index in [-0.39, 0.29) is 0 Å². The van der Waals surface area contributed by atoms with Gasteiger partial charge in [-0.25, -0.2) is 6.57 Å². The smallest absolute Gasteiger partial charge is 0.223 e. The first kappa shape index (κ1) is 8.59. The van der Waals surface area contributed by atoms with Crippen LogP contribution in [0.2, 0.25) is 0 Å². The zero-order valence-electron chi connectivity index (χ0n) is 7.51. The molecule has 0 N–H and O–H groups in total. The predicted octanol–water partition coefficient (Wildman–Crippen LogP) is 3.12. The Labute approximate surface area is 69.6 Å². The van der Waals surface area contributed by atoms with Gasteiger partial charge in [0.25, 0.3) is 0 Å². The lowest BCUT2D eigenvalue weighted by atomic mass is 9.80. The Hall–Kier alpha value is -0.510. The Morgan fingerprint density at radius 3 is 2.09 bits per heavy atom. The van der Waals surface area contributed by atoms with E-state index in [1.807, 2.05) is 0 Å². The Morgan fingerprint density at radius 2 is 1.73 bits per heavy atom. The quantitative estimate of drug-likeness (QED) is 0.507. The lowest BCUT2D eigenvalue weighted by molar-refractivity contribution is 0.272. The molecular formula is C10H17N. The van der Waals surface area contributed by atoms with Crippen molar-refractivity contribution in [2.45, 2.75) is 45.6 Å². The summed E-state index contributed by atoms with van der Waals surface area (Å²) in [6.07, 6.45) is 4.86. The first-order valence-corrected chi connectivity index (χ1v) is 4.60. The Kier molecular flexibility index (Phi) is 2.93. The predicted molar refractivity (Wildman–Crippen MR) is 47.2 cm³/mol. The van der Waals surface area contributed by atoms with Gasteiger partial charge < -0.3 is 4.85 Å². The van der Waals surface area contributed by atoms with E-state index >= 15 is 0 Å². The molecule has 11 heavy (non-hydrogen) atoms. The highest BCUT2D eigenvalue weighted by Gasteiger charge is 2.25. The maximum Gasteiger partial charge on any atom is 0.223 e. The van der Waals surface area contributed by atoms with E-state index in [0.717, 1.165) is 24.7 Å². The monoisotopic (exact) mass is 151 g/mol. The van der Waals surface area contributed by atoms with Gasteiger partial charge in [-0.05, 0) is 24.7 Å². The maximum absolute atomic E-state index is 6.90. The topological polar surface area (TPSA) is 4.36 Å². The second kappa shape index (κ2) is 3.76. The Balaban J connectivity index is 2.31. The van der Waals surface area contributed by atoms with Crippen molar-refractivity contribution < 1.29 is 0 Å². The molecule has 0 bridgehead atoms. The number of rotatable bonds is 1. The van der Waals surface area contributed by atoms with Gasteiger partial charge in [-0.3, -0.25) is 0 Å². The van der Waals surface area contributed by atoms with E-state index in [2.05, 4.69) is 18.7 Å². The molecule has 0 aliphatic heterocycles. The van der Waals surface area contributed by atoms with Gasteiger partial charge in [0.1, 0.15) is 0 Å². The lowest BCUT2D eigenvalue weighted by Gasteiger charge is -2.25. The molecule has 0 aromatic heterocycles. The van der Waals surface area contributed by atoms with Crippen LogP contribution in [0.4, 0.5) is 0 Å². The summed E-state index contributed by atoms with van der Waals surface area (Å²) in [4.78, 5) is 3.59. The van der Waals surface area contributed by atoms with Crippen molar-refractivity contribution in [1.29, 1.82) is 0 Å². The van der Waals surface area contributed by atoms with Crippen molar-refractivity contribution in [3.8, 4) is 0 Å². The van der Waals surface area contributed by atoms with Crippen LogP contribution in [0.15, 0.2) is 0 Å². The molecule has 0 aromatic carbocycles. The third-order valence-corrected chi connectivity index (χ3v) is 2.87. The van der Waals surface area contributed by atoms with Gasteiger partial charge in [0.05, 0.1) is 0 Å². The fourth-order valence-electron chi connectivity index (χ4n) is 1.90. The van der Waals surface area contributed by atoms with E-state index in [1.54, 1.807) is 0 Å². The third-order valence-electron chi connectivity index (χ3n) is 2.87. The Bertz CT molecular complexity index is 147. The third kappa shape index (κ3) is 2.22. The van der Waals surface area contributed by atoms with Crippen LogP contribution >= 0.6 is 0 Å². The summed E-state index contributed by atoms with van der Waals surface area (Å²) in [5.41, 5.74) is 0. The van der Waals surface area contributed by atoms with Crippen molar-refractivity contribution in [2.75, 3.05) is 0 Å². The summed E-state index contributed by atoms with van der Waals surface area (Å²) in [5, 5.41) is 0. The normalized spacial score (nSPS) is 31.8. The van der Waals surface area contributed by atoms with Crippen LogP contribution in [0.1, 0.15) is 39.5 Å². The zero-order valence-corrected chi connectivity index (χ0v) is 7.51. The molecule has 0 heterocycles.